The van der Waals surface area contributed by atoms with E-state index in [1.807, 2.05) is 12.1 Å². The average molecular weight is 210 g/mol. The molecule has 1 aromatic rings. The van der Waals surface area contributed by atoms with E-state index in [4.69, 9.17) is 11.6 Å². The van der Waals surface area contributed by atoms with Crippen molar-refractivity contribution in [1.82, 2.24) is 0 Å². The molecule has 2 atom stereocenters. The number of hydrogen-bond acceptors (Lipinski definition) is 1. The minimum absolute atomic E-state index is 0.633. The van der Waals surface area contributed by atoms with E-state index < -0.39 is 0 Å². The van der Waals surface area contributed by atoms with Crippen molar-refractivity contribution >= 4 is 17.3 Å². The van der Waals surface area contributed by atoms with Gasteiger partial charge in [0, 0.05) is 23.3 Å². The van der Waals surface area contributed by atoms with Gasteiger partial charge in [-0.1, -0.05) is 24.6 Å². The highest BCUT2D eigenvalue weighted by atomic mass is 35.5. The zero-order chi connectivity index (χ0) is 10.1. The summed E-state index contributed by atoms with van der Waals surface area (Å²) in [6.07, 6.45) is 1.29. The first-order valence-electron chi connectivity index (χ1n) is 5.20. The minimum atomic E-state index is 0.633. The van der Waals surface area contributed by atoms with E-state index in [2.05, 4.69) is 30.9 Å². The molecule has 1 aliphatic rings. The summed E-state index contributed by atoms with van der Waals surface area (Å²) in [6.45, 7) is 5.76. The van der Waals surface area contributed by atoms with Gasteiger partial charge in [0.25, 0.3) is 0 Å². The molecule has 2 heteroatoms. The van der Waals surface area contributed by atoms with Crippen LogP contribution in [0.4, 0.5) is 5.69 Å². The Morgan fingerprint density at radius 1 is 1.36 bits per heavy atom. The molecule has 14 heavy (non-hydrogen) atoms. The summed E-state index contributed by atoms with van der Waals surface area (Å²) < 4.78 is 0. The van der Waals surface area contributed by atoms with E-state index in [1.165, 1.54) is 12.1 Å². The van der Waals surface area contributed by atoms with Crippen LogP contribution in [0.25, 0.3) is 0 Å². The topological polar surface area (TPSA) is 3.24 Å². The molecule has 0 saturated carbocycles. The van der Waals surface area contributed by atoms with Crippen LogP contribution in [-0.2, 0) is 0 Å². The predicted octanol–water partition coefficient (Wildman–Crippen LogP) is 3.57. The van der Waals surface area contributed by atoms with E-state index >= 15 is 0 Å². The standard InChI is InChI=1S/C12H16ClN/c1-9-6-7-14(10(9)2)12-5-3-4-11(13)8-12/h3-5,8-10H,6-7H2,1-2H3/t9?,10-/m0/s1. The molecule has 1 aliphatic heterocycles. The summed E-state index contributed by atoms with van der Waals surface area (Å²) >= 11 is 5.98. The lowest BCUT2D eigenvalue weighted by Gasteiger charge is -2.25. The first kappa shape index (κ1) is 9.85. The van der Waals surface area contributed by atoms with Crippen molar-refractivity contribution in [3.8, 4) is 0 Å². The highest BCUT2D eigenvalue weighted by Crippen LogP contribution is 2.30. The molecule has 0 amide bonds. The first-order chi connectivity index (χ1) is 6.68. The second-order valence-corrected chi connectivity index (χ2v) is 4.62. The predicted molar refractivity (Wildman–Crippen MR) is 62.0 cm³/mol. The smallest absolute Gasteiger partial charge is 0.0426 e. The molecule has 1 fully saturated rings. The van der Waals surface area contributed by atoms with Crippen molar-refractivity contribution in [3.05, 3.63) is 29.3 Å². The Morgan fingerprint density at radius 3 is 2.71 bits per heavy atom. The summed E-state index contributed by atoms with van der Waals surface area (Å²) in [5.41, 5.74) is 1.26. The third kappa shape index (κ3) is 1.74. The Labute approximate surface area is 90.7 Å². The van der Waals surface area contributed by atoms with Gasteiger partial charge in [-0.05, 0) is 37.5 Å². The summed E-state index contributed by atoms with van der Waals surface area (Å²) in [6, 6.07) is 8.77. The van der Waals surface area contributed by atoms with E-state index in [-0.39, 0.29) is 0 Å². The third-order valence-electron chi connectivity index (χ3n) is 3.28. The lowest BCUT2D eigenvalue weighted by Crippen LogP contribution is -2.28. The largest absolute Gasteiger partial charge is 0.369 e. The van der Waals surface area contributed by atoms with Gasteiger partial charge in [0.05, 0.1) is 0 Å². The van der Waals surface area contributed by atoms with E-state index in [1.54, 1.807) is 0 Å². The monoisotopic (exact) mass is 209 g/mol. The number of nitrogens with zero attached hydrogens (tertiary/aromatic N) is 1. The molecular weight excluding hydrogens is 194 g/mol. The Morgan fingerprint density at radius 2 is 2.14 bits per heavy atom. The number of anilines is 1. The SMILES string of the molecule is CC1CCN(c2cccc(Cl)c2)[C@H]1C. The fourth-order valence-corrected chi connectivity index (χ4v) is 2.30. The maximum Gasteiger partial charge on any atom is 0.0426 e. The molecule has 0 radical (unpaired) electrons. The fraction of sp³-hybridized carbons (Fsp3) is 0.500. The van der Waals surface area contributed by atoms with Crippen LogP contribution in [0.5, 0.6) is 0 Å². The molecule has 0 aliphatic carbocycles. The maximum atomic E-state index is 5.98. The van der Waals surface area contributed by atoms with Gasteiger partial charge in [0.2, 0.25) is 0 Å². The van der Waals surface area contributed by atoms with Crippen molar-refractivity contribution < 1.29 is 0 Å². The highest BCUT2D eigenvalue weighted by molar-refractivity contribution is 6.30. The van der Waals surface area contributed by atoms with Crippen LogP contribution >= 0.6 is 11.6 Å². The second-order valence-electron chi connectivity index (χ2n) is 4.18. The molecule has 1 unspecified atom stereocenters. The van der Waals surface area contributed by atoms with E-state index in [0.717, 1.165) is 17.5 Å². The van der Waals surface area contributed by atoms with Crippen molar-refractivity contribution in [2.24, 2.45) is 5.92 Å². The lowest BCUT2D eigenvalue weighted by atomic mass is 10.1. The number of rotatable bonds is 1. The Balaban J connectivity index is 2.23. The van der Waals surface area contributed by atoms with Gasteiger partial charge in [0.1, 0.15) is 0 Å². The molecule has 76 valence electrons. The van der Waals surface area contributed by atoms with E-state index in [9.17, 15) is 0 Å². The molecule has 1 nitrogen and oxygen atoms in total. The summed E-state index contributed by atoms with van der Waals surface area (Å²) in [7, 11) is 0. The first-order valence-corrected chi connectivity index (χ1v) is 5.58. The normalized spacial score (nSPS) is 26.9. The Bertz CT molecular complexity index is 324. The van der Waals surface area contributed by atoms with Crippen LogP contribution in [0, 0.1) is 5.92 Å². The molecule has 0 aromatic heterocycles. The third-order valence-corrected chi connectivity index (χ3v) is 3.52. The summed E-state index contributed by atoms with van der Waals surface area (Å²) in [4.78, 5) is 2.44. The van der Waals surface area contributed by atoms with Gasteiger partial charge in [-0.15, -0.1) is 0 Å². The van der Waals surface area contributed by atoms with Crippen LogP contribution in [0.15, 0.2) is 24.3 Å². The van der Waals surface area contributed by atoms with Crippen LogP contribution in [0.3, 0.4) is 0 Å². The van der Waals surface area contributed by atoms with Crippen molar-refractivity contribution in [2.75, 3.05) is 11.4 Å². The molecule has 1 saturated heterocycles. The molecule has 0 N–H and O–H groups in total. The van der Waals surface area contributed by atoms with Gasteiger partial charge in [-0.25, -0.2) is 0 Å². The van der Waals surface area contributed by atoms with Crippen LogP contribution in [0.1, 0.15) is 20.3 Å². The molecule has 2 rings (SSSR count). The summed E-state index contributed by atoms with van der Waals surface area (Å²) in [5, 5.41) is 0.828. The average Bonchev–Trinajstić information content (AvgIpc) is 2.48. The Kier molecular flexibility index (Phi) is 2.69. The van der Waals surface area contributed by atoms with E-state index in [0.29, 0.717) is 6.04 Å². The number of hydrogen-bond donors (Lipinski definition) is 0. The zero-order valence-corrected chi connectivity index (χ0v) is 9.46. The van der Waals surface area contributed by atoms with Crippen molar-refractivity contribution in [1.29, 1.82) is 0 Å². The van der Waals surface area contributed by atoms with Crippen molar-refractivity contribution in [2.45, 2.75) is 26.3 Å². The number of halogens is 1. The summed E-state index contributed by atoms with van der Waals surface area (Å²) in [5.74, 6) is 0.786. The zero-order valence-electron chi connectivity index (χ0n) is 8.70. The van der Waals surface area contributed by atoms with Gasteiger partial charge < -0.3 is 4.90 Å². The van der Waals surface area contributed by atoms with Crippen LogP contribution < -0.4 is 4.90 Å². The number of benzene rings is 1. The van der Waals surface area contributed by atoms with Crippen LogP contribution in [0.2, 0.25) is 5.02 Å². The molecule has 1 aromatic carbocycles. The van der Waals surface area contributed by atoms with Crippen molar-refractivity contribution in [3.63, 3.8) is 0 Å². The van der Waals surface area contributed by atoms with Gasteiger partial charge in [-0.3, -0.25) is 0 Å². The fourth-order valence-electron chi connectivity index (χ4n) is 2.11. The Hall–Kier alpha value is -0.690. The van der Waals surface area contributed by atoms with Crippen LogP contribution in [-0.4, -0.2) is 12.6 Å². The molecule has 0 spiro atoms. The quantitative estimate of drug-likeness (QED) is 0.684. The lowest BCUT2D eigenvalue weighted by molar-refractivity contribution is 0.546. The second kappa shape index (κ2) is 3.82. The van der Waals surface area contributed by atoms with Gasteiger partial charge in [0.15, 0.2) is 0 Å². The molecule has 0 bridgehead atoms. The molecule has 1 heterocycles. The van der Waals surface area contributed by atoms with Gasteiger partial charge in [-0.2, -0.15) is 0 Å². The minimum Gasteiger partial charge on any atom is -0.369 e. The maximum absolute atomic E-state index is 5.98. The molecular formula is C12H16ClN. The van der Waals surface area contributed by atoms with Gasteiger partial charge >= 0.3 is 0 Å². The highest BCUT2D eigenvalue weighted by Gasteiger charge is 2.27.